The van der Waals surface area contributed by atoms with E-state index in [0.29, 0.717) is 30.9 Å². The van der Waals surface area contributed by atoms with Gasteiger partial charge in [0.05, 0.1) is 13.0 Å². The van der Waals surface area contributed by atoms with E-state index in [1.54, 1.807) is 13.2 Å². The third-order valence-electron chi connectivity index (χ3n) is 5.25. The average molecular weight is 431 g/mol. The van der Waals surface area contributed by atoms with Crippen LogP contribution in [0.3, 0.4) is 0 Å². The summed E-state index contributed by atoms with van der Waals surface area (Å²) < 4.78 is 10.9. The molecule has 0 spiro atoms. The summed E-state index contributed by atoms with van der Waals surface area (Å²) in [7, 11) is 1.62. The minimum atomic E-state index is -0.332. The fourth-order valence-electron chi connectivity index (χ4n) is 3.53. The molecule has 0 unspecified atom stereocenters. The summed E-state index contributed by atoms with van der Waals surface area (Å²) in [5, 5.41) is 8.58. The van der Waals surface area contributed by atoms with Crippen molar-refractivity contribution in [1.82, 2.24) is 5.32 Å². The molecule has 1 heterocycles. The molecule has 0 radical (unpaired) electrons. The Balaban J connectivity index is 1.33. The largest absolute Gasteiger partial charge is 0.497 e. The lowest BCUT2D eigenvalue weighted by atomic mass is 9.95. The molecule has 3 amide bonds. The van der Waals surface area contributed by atoms with Crippen molar-refractivity contribution in [3.8, 4) is 11.5 Å². The third kappa shape index (κ3) is 5.37. The van der Waals surface area contributed by atoms with Crippen LogP contribution in [-0.4, -0.2) is 25.7 Å². The van der Waals surface area contributed by atoms with E-state index in [4.69, 9.17) is 9.47 Å². The lowest BCUT2D eigenvalue weighted by Gasteiger charge is -2.25. The zero-order chi connectivity index (χ0) is 22.3. The lowest BCUT2D eigenvalue weighted by molar-refractivity contribution is -0.126. The van der Waals surface area contributed by atoms with Gasteiger partial charge in [0.25, 0.3) is 0 Å². The van der Waals surface area contributed by atoms with Gasteiger partial charge in [-0.2, -0.15) is 0 Å². The fourth-order valence-corrected chi connectivity index (χ4v) is 3.53. The number of hydrogen-bond acceptors (Lipinski definition) is 4. The van der Waals surface area contributed by atoms with E-state index < -0.39 is 0 Å². The van der Waals surface area contributed by atoms with Crippen LogP contribution < -0.4 is 25.4 Å². The highest BCUT2D eigenvalue weighted by Crippen LogP contribution is 2.30. The summed E-state index contributed by atoms with van der Waals surface area (Å²) in [6, 6.07) is 21.9. The molecule has 3 N–H and O–H groups in total. The van der Waals surface area contributed by atoms with Crippen LogP contribution in [0.5, 0.6) is 11.5 Å². The Morgan fingerprint density at radius 2 is 1.72 bits per heavy atom. The van der Waals surface area contributed by atoms with Gasteiger partial charge < -0.3 is 25.4 Å². The minimum absolute atomic E-state index is 0.0633. The maximum absolute atomic E-state index is 12.7. The summed E-state index contributed by atoms with van der Waals surface area (Å²) in [6.45, 7) is 0.760. The highest BCUT2D eigenvalue weighted by molar-refractivity contribution is 5.99. The number of para-hydroxylation sites is 1. The Labute approximate surface area is 186 Å². The standard InChI is InChI=1S/C25H25N3O4/c1-31-22-10-7-17(8-11-22)15-26-24(29)19-13-18-14-21(9-12-23(18)32-16-19)28-25(30)27-20-5-3-2-4-6-20/h2-12,14,19H,13,15-16H2,1H3,(H,26,29)(H2,27,28,30)/t19-/m0/s1. The highest BCUT2D eigenvalue weighted by Gasteiger charge is 2.26. The van der Waals surface area contributed by atoms with Crippen LogP contribution in [-0.2, 0) is 17.8 Å². The van der Waals surface area contributed by atoms with Gasteiger partial charge in [0.2, 0.25) is 5.91 Å². The number of methoxy groups -OCH3 is 1. The van der Waals surface area contributed by atoms with Crippen molar-refractivity contribution >= 4 is 23.3 Å². The van der Waals surface area contributed by atoms with Crippen molar-refractivity contribution in [2.24, 2.45) is 5.92 Å². The number of benzene rings is 3. The molecule has 0 aromatic heterocycles. The van der Waals surface area contributed by atoms with Crippen molar-refractivity contribution in [1.29, 1.82) is 0 Å². The number of carbonyl (C=O) groups is 2. The SMILES string of the molecule is COc1ccc(CNC(=O)[C@@H]2COc3ccc(NC(=O)Nc4ccccc4)cc3C2)cc1. The molecule has 1 aliphatic heterocycles. The minimum Gasteiger partial charge on any atom is -0.497 e. The molecule has 164 valence electrons. The number of amides is 3. The van der Waals surface area contributed by atoms with E-state index in [0.717, 1.165) is 22.6 Å². The van der Waals surface area contributed by atoms with Crippen molar-refractivity contribution in [2.45, 2.75) is 13.0 Å². The zero-order valence-corrected chi connectivity index (χ0v) is 17.8. The number of nitrogens with one attached hydrogen (secondary N) is 3. The van der Waals surface area contributed by atoms with Crippen molar-refractivity contribution in [2.75, 3.05) is 24.4 Å². The molecule has 7 heteroatoms. The van der Waals surface area contributed by atoms with Gasteiger partial charge in [-0.15, -0.1) is 0 Å². The number of carbonyl (C=O) groups excluding carboxylic acids is 2. The summed E-state index contributed by atoms with van der Waals surface area (Å²) in [5.74, 6) is 1.15. The van der Waals surface area contributed by atoms with Crippen LogP contribution in [0, 0.1) is 5.92 Å². The molecule has 7 nitrogen and oxygen atoms in total. The van der Waals surface area contributed by atoms with Gasteiger partial charge in [-0.05, 0) is 60.0 Å². The Morgan fingerprint density at radius 1 is 0.969 bits per heavy atom. The molecule has 0 aliphatic carbocycles. The molecule has 32 heavy (non-hydrogen) atoms. The van der Waals surface area contributed by atoms with Crippen molar-refractivity contribution in [3.63, 3.8) is 0 Å². The Bertz CT molecular complexity index is 1080. The summed E-state index contributed by atoms with van der Waals surface area (Å²) in [4.78, 5) is 24.9. The number of anilines is 2. The molecule has 0 fully saturated rings. The molecule has 0 saturated carbocycles. The van der Waals surface area contributed by atoms with Gasteiger partial charge in [0, 0.05) is 17.9 Å². The predicted octanol–water partition coefficient (Wildman–Crippen LogP) is 4.21. The summed E-state index contributed by atoms with van der Waals surface area (Å²) >= 11 is 0. The lowest BCUT2D eigenvalue weighted by Crippen LogP contribution is -2.37. The molecule has 0 saturated heterocycles. The maximum atomic E-state index is 12.7. The number of hydrogen-bond donors (Lipinski definition) is 3. The summed E-state index contributed by atoms with van der Waals surface area (Å²) in [5.41, 5.74) is 3.23. The quantitative estimate of drug-likeness (QED) is 0.546. The smallest absolute Gasteiger partial charge is 0.323 e. The first-order valence-electron chi connectivity index (χ1n) is 10.4. The van der Waals surface area contributed by atoms with Gasteiger partial charge >= 0.3 is 6.03 Å². The van der Waals surface area contributed by atoms with Crippen LogP contribution in [0.25, 0.3) is 0 Å². The van der Waals surface area contributed by atoms with E-state index in [-0.39, 0.29) is 17.9 Å². The van der Waals surface area contributed by atoms with Crippen LogP contribution in [0.2, 0.25) is 0 Å². The monoisotopic (exact) mass is 431 g/mol. The van der Waals surface area contributed by atoms with E-state index in [9.17, 15) is 9.59 Å². The second kappa shape index (κ2) is 9.87. The molecule has 1 aliphatic rings. The van der Waals surface area contributed by atoms with Crippen LogP contribution >= 0.6 is 0 Å². The molecule has 4 rings (SSSR count). The highest BCUT2D eigenvalue weighted by atomic mass is 16.5. The molecular formula is C25H25N3O4. The van der Waals surface area contributed by atoms with Crippen LogP contribution in [0.4, 0.5) is 16.2 Å². The van der Waals surface area contributed by atoms with Gasteiger partial charge in [-0.3, -0.25) is 4.79 Å². The molecule has 1 atom stereocenters. The molecular weight excluding hydrogens is 406 g/mol. The van der Waals surface area contributed by atoms with E-state index in [2.05, 4.69) is 16.0 Å². The average Bonchev–Trinajstić information content (AvgIpc) is 2.83. The third-order valence-corrected chi connectivity index (χ3v) is 5.25. The number of ether oxygens (including phenoxy) is 2. The van der Waals surface area contributed by atoms with Crippen LogP contribution in [0.1, 0.15) is 11.1 Å². The normalized spacial score (nSPS) is 14.5. The fraction of sp³-hybridized carbons (Fsp3) is 0.200. The first-order valence-corrected chi connectivity index (χ1v) is 10.4. The number of fused-ring (bicyclic) bond motifs is 1. The van der Waals surface area contributed by atoms with E-state index in [1.165, 1.54) is 0 Å². The second-order valence-corrected chi connectivity index (χ2v) is 7.55. The zero-order valence-electron chi connectivity index (χ0n) is 17.8. The molecule has 3 aromatic carbocycles. The Morgan fingerprint density at radius 3 is 2.47 bits per heavy atom. The second-order valence-electron chi connectivity index (χ2n) is 7.55. The predicted molar refractivity (Wildman–Crippen MR) is 123 cm³/mol. The Kier molecular flexibility index (Phi) is 6.55. The first-order chi connectivity index (χ1) is 15.6. The first kappa shape index (κ1) is 21.2. The van der Waals surface area contributed by atoms with Gasteiger partial charge in [-0.25, -0.2) is 4.79 Å². The Hall–Kier alpha value is -4.00. The molecule has 0 bridgehead atoms. The van der Waals surface area contributed by atoms with E-state index in [1.807, 2.05) is 66.7 Å². The van der Waals surface area contributed by atoms with Gasteiger partial charge in [0.1, 0.15) is 18.1 Å². The van der Waals surface area contributed by atoms with Gasteiger partial charge in [-0.1, -0.05) is 30.3 Å². The van der Waals surface area contributed by atoms with Gasteiger partial charge in [0.15, 0.2) is 0 Å². The van der Waals surface area contributed by atoms with Crippen LogP contribution in [0.15, 0.2) is 72.8 Å². The maximum Gasteiger partial charge on any atom is 0.323 e. The number of rotatable bonds is 6. The van der Waals surface area contributed by atoms with E-state index >= 15 is 0 Å². The topological polar surface area (TPSA) is 88.7 Å². The molecule has 3 aromatic rings. The summed E-state index contributed by atoms with van der Waals surface area (Å²) in [6.07, 6.45) is 0.541. The number of urea groups is 1. The van der Waals surface area contributed by atoms with Crippen molar-refractivity contribution < 1.29 is 19.1 Å². The van der Waals surface area contributed by atoms with Crippen molar-refractivity contribution in [3.05, 3.63) is 83.9 Å².